The van der Waals surface area contributed by atoms with Gasteiger partial charge in [-0.05, 0) is 29.4 Å². The molecule has 0 amide bonds. The lowest BCUT2D eigenvalue weighted by Crippen LogP contribution is -1.91. The molecule has 0 saturated carbocycles. The van der Waals surface area contributed by atoms with Crippen molar-refractivity contribution in [2.45, 2.75) is 0 Å². The Morgan fingerprint density at radius 1 is 0.833 bits per heavy atom. The van der Waals surface area contributed by atoms with E-state index in [0.717, 1.165) is 11.3 Å². The molecule has 88 valence electrons. The van der Waals surface area contributed by atoms with Crippen molar-refractivity contribution in [3.63, 3.8) is 0 Å². The Morgan fingerprint density at radius 2 is 1.50 bits per heavy atom. The molecule has 1 heterocycles. The van der Waals surface area contributed by atoms with Crippen LogP contribution in [0.1, 0.15) is 0 Å². The van der Waals surface area contributed by atoms with E-state index in [1.807, 2.05) is 60.7 Å². The maximum atomic E-state index is 5.20. The number of hydrogen-bond donors (Lipinski definition) is 1. The van der Waals surface area contributed by atoms with E-state index in [9.17, 15) is 0 Å². The van der Waals surface area contributed by atoms with Crippen molar-refractivity contribution in [3.8, 4) is 11.5 Å². The summed E-state index contributed by atoms with van der Waals surface area (Å²) < 4.78 is 5.20. The number of rotatable bonds is 3. The molecule has 3 aromatic rings. The van der Waals surface area contributed by atoms with Crippen LogP contribution in [-0.4, -0.2) is 10.1 Å². The number of para-hydroxylation sites is 1. The van der Waals surface area contributed by atoms with Crippen LogP contribution in [-0.2, 0) is 0 Å². The van der Waals surface area contributed by atoms with Crippen molar-refractivity contribution in [2.24, 2.45) is 0 Å². The van der Waals surface area contributed by atoms with Gasteiger partial charge in [0.25, 0.3) is 11.8 Å². The van der Waals surface area contributed by atoms with E-state index in [1.165, 1.54) is 0 Å². The quantitative estimate of drug-likeness (QED) is 0.757. The summed E-state index contributed by atoms with van der Waals surface area (Å²) in [7, 11) is 0. The summed E-state index contributed by atoms with van der Waals surface area (Å²) in [6.07, 6.45) is 0. The van der Waals surface area contributed by atoms with Crippen LogP contribution in [0.4, 0.5) is 11.6 Å². The SMILES string of the molecule is c1ccc(Nc2noc(-c3ccccc3)n2)cc1. The second-order valence-corrected chi connectivity index (χ2v) is 3.78. The molecule has 0 spiro atoms. The number of aromatic nitrogens is 2. The van der Waals surface area contributed by atoms with Gasteiger partial charge in [-0.2, -0.15) is 4.98 Å². The second-order valence-electron chi connectivity index (χ2n) is 3.78. The summed E-state index contributed by atoms with van der Waals surface area (Å²) in [5.41, 5.74) is 1.84. The van der Waals surface area contributed by atoms with Crippen molar-refractivity contribution >= 4 is 11.6 Å². The Bertz CT molecular complexity index is 620. The highest BCUT2D eigenvalue weighted by Gasteiger charge is 2.07. The van der Waals surface area contributed by atoms with E-state index in [4.69, 9.17) is 4.52 Å². The molecule has 0 saturated heterocycles. The molecule has 2 aromatic carbocycles. The van der Waals surface area contributed by atoms with Gasteiger partial charge in [-0.1, -0.05) is 36.4 Å². The van der Waals surface area contributed by atoms with Crippen LogP contribution in [0.15, 0.2) is 65.2 Å². The van der Waals surface area contributed by atoms with Crippen LogP contribution in [0.2, 0.25) is 0 Å². The fourth-order valence-corrected chi connectivity index (χ4v) is 1.62. The van der Waals surface area contributed by atoms with Gasteiger partial charge in [-0.25, -0.2) is 0 Å². The first-order chi connectivity index (χ1) is 8.92. The van der Waals surface area contributed by atoms with E-state index in [2.05, 4.69) is 15.5 Å². The molecule has 4 heteroatoms. The van der Waals surface area contributed by atoms with Gasteiger partial charge in [0.05, 0.1) is 0 Å². The molecule has 1 N–H and O–H groups in total. The molecule has 0 aliphatic rings. The molecule has 18 heavy (non-hydrogen) atoms. The summed E-state index contributed by atoms with van der Waals surface area (Å²) in [6, 6.07) is 19.4. The van der Waals surface area contributed by atoms with E-state index < -0.39 is 0 Å². The van der Waals surface area contributed by atoms with Crippen molar-refractivity contribution in [2.75, 3.05) is 5.32 Å². The molecule has 3 rings (SSSR count). The van der Waals surface area contributed by atoms with Crippen LogP contribution >= 0.6 is 0 Å². The number of nitrogens with zero attached hydrogens (tertiary/aromatic N) is 2. The fourth-order valence-electron chi connectivity index (χ4n) is 1.62. The minimum absolute atomic E-state index is 0.458. The predicted molar refractivity (Wildman–Crippen MR) is 69.5 cm³/mol. The normalized spacial score (nSPS) is 10.2. The zero-order valence-electron chi connectivity index (χ0n) is 9.58. The van der Waals surface area contributed by atoms with E-state index in [0.29, 0.717) is 11.8 Å². The third kappa shape index (κ3) is 2.22. The van der Waals surface area contributed by atoms with Crippen molar-refractivity contribution in [1.82, 2.24) is 10.1 Å². The minimum Gasteiger partial charge on any atom is -0.332 e. The zero-order valence-corrected chi connectivity index (χ0v) is 9.58. The minimum atomic E-state index is 0.458. The highest BCUT2D eigenvalue weighted by Crippen LogP contribution is 2.19. The van der Waals surface area contributed by atoms with Gasteiger partial charge in [-0.3, -0.25) is 0 Å². The van der Waals surface area contributed by atoms with Gasteiger partial charge in [0, 0.05) is 11.3 Å². The monoisotopic (exact) mass is 237 g/mol. The van der Waals surface area contributed by atoms with Gasteiger partial charge in [-0.15, -0.1) is 0 Å². The maximum Gasteiger partial charge on any atom is 0.268 e. The summed E-state index contributed by atoms with van der Waals surface area (Å²) >= 11 is 0. The largest absolute Gasteiger partial charge is 0.332 e. The average Bonchev–Trinajstić information content (AvgIpc) is 2.89. The number of nitrogens with one attached hydrogen (secondary N) is 1. The first-order valence-corrected chi connectivity index (χ1v) is 5.63. The lowest BCUT2D eigenvalue weighted by molar-refractivity contribution is 0.433. The van der Waals surface area contributed by atoms with E-state index in [1.54, 1.807) is 0 Å². The van der Waals surface area contributed by atoms with Crippen molar-refractivity contribution in [3.05, 3.63) is 60.7 Å². The molecule has 1 aromatic heterocycles. The number of anilines is 2. The third-order valence-corrected chi connectivity index (χ3v) is 2.48. The summed E-state index contributed by atoms with van der Waals surface area (Å²) in [4.78, 5) is 4.29. The zero-order chi connectivity index (χ0) is 12.2. The van der Waals surface area contributed by atoms with Crippen LogP contribution in [0.5, 0.6) is 0 Å². The molecular formula is C14H11N3O. The first-order valence-electron chi connectivity index (χ1n) is 5.63. The van der Waals surface area contributed by atoms with Gasteiger partial charge >= 0.3 is 0 Å². The molecule has 4 nitrogen and oxygen atoms in total. The first kappa shape index (κ1) is 10.5. The average molecular weight is 237 g/mol. The molecular weight excluding hydrogens is 226 g/mol. The van der Waals surface area contributed by atoms with E-state index >= 15 is 0 Å². The van der Waals surface area contributed by atoms with Crippen molar-refractivity contribution < 1.29 is 4.52 Å². The predicted octanol–water partition coefficient (Wildman–Crippen LogP) is 3.48. The van der Waals surface area contributed by atoms with Crippen LogP contribution < -0.4 is 5.32 Å². The molecule has 0 unspecified atom stereocenters. The second kappa shape index (κ2) is 4.71. The Kier molecular flexibility index (Phi) is 2.75. The highest BCUT2D eigenvalue weighted by molar-refractivity contribution is 5.57. The van der Waals surface area contributed by atoms with Gasteiger partial charge in [0.1, 0.15) is 0 Å². The summed E-state index contributed by atoms with van der Waals surface area (Å²) in [5, 5.41) is 6.97. The van der Waals surface area contributed by atoms with Gasteiger partial charge in [0.2, 0.25) is 0 Å². The lowest BCUT2D eigenvalue weighted by Gasteiger charge is -1.98. The number of hydrogen-bond acceptors (Lipinski definition) is 4. The molecule has 0 atom stereocenters. The highest BCUT2D eigenvalue weighted by atomic mass is 16.5. The smallest absolute Gasteiger partial charge is 0.268 e. The van der Waals surface area contributed by atoms with Gasteiger partial charge < -0.3 is 9.84 Å². The molecule has 0 bridgehead atoms. The van der Waals surface area contributed by atoms with Gasteiger partial charge in [0.15, 0.2) is 0 Å². The number of benzene rings is 2. The molecule has 0 radical (unpaired) electrons. The molecule has 0 aliphatic heterocycles. The summed E-state index contributed by atoms with van der Waals surface area (Å²) in [5.74, 6) is 0.967. The van der Waals surface area contributed by atoms with Crippen LogP contribution in [0.3, 0.4) is 0 Å². The van der Waals surface area contributed by atoms with E-state index in [-0.39, 0.29) is 0 Å². The maximum absolute atomic E-state index is 5.20. The lowest BCUT2D eigenvalue weighted by atomic mass is 10.2. The topological polar surface area (TPSA) is 51.0 Å². The molecule has 0 fully saturated rings. The standard InChI is InChI=1S/C14H11N3O/c1-3-7-11(8-4-1)13-16-14(17-18-13)15-12-9-5-2-6-10-12/h1-10H,(H,15,17). The summed E-state index contributed by atoms with van der Waals surface area (Å²) in [6.45, 7) is 0. The van der Waals surface area contributed by atoms with Crippen LogP contribution in [0.25, 0.3) is 11.5 Å². The Labute approximate surface area is 104 Å². The molecule has 0 aliphatic carbocycles. The Balaban J connectivity index is 1.82. The van der Waals surface area contributed by atoms with Crippen molar-refractivity contribution in [1.29, 1.82) is 0 Å². The Hall–Kier alpha value is -2.62. The van der Waals surface area contributed by atoms with Crippen LogP contribution in [0, 0.1) is 0 Å². The third-order valence-electron chi connectivity index (χ3n) is 2.48. The Morgan fingerprint density at radius 3 is 2.22 bits per heavy atom. The fraction of sp³-hybridized carbons (Fsp3) is 0.